The third-order valence-corrected chi connectivity index (χ3v) is 4.78. The van der Waals surface area contributed by atoms with Gasteiger partial charge in [-0.05, 0) is 68.7 Å². The van der Waals surface area contributed by atoms with Crippen molar-refractivity contribution in [1.82, 2.24) is 0 Å². The average molecular weight is 309 g/mol. The molecule has 2 unspecified atom stereocenters. The predicted octanol–water partition coefficient (Wildman–Crippen LogP) is 3.13. The third kappa shape index (κ3) is 3.09. The van der Waals surface area contributed by atoms with E-state index in [1.165, 1.54) is 16.7 Å². The summed E-state index contributed by atoms with van der Waals surface area (Å²) in [5.74, 6) is 0.431. The Morgan fingerprint density at radius 3 is 2.71 bits per heavy atom. The van der Waals surface area contributed by atoms with Crippen LogP contribution >= 0.6 is 12.4 Å². The van der Waals surface area contributed by atoms with E-state index in [1.54, 1.807) is 0 Å². The van der Waals surface area contributed by atoms with Crippen molar-refractivity contribution in [2.45, 2.75) is 52.0 Å². The second kappa shape index (κ2) is 6.37. The number of benzene rings is 1. The molecule has 2 atom stereocenters. The standard InChI is InChI=1S/C17H24N2O.ClH/c1-11-8-12(2)15-4-3-7-19(16(15)9-11)17(20)13-5-6-14(18)10-13;/h8-9,13-14H,3-7,10,18H2,1-2H3;1H. The van der Waals surface area contributed by atoms with Crippen molar-refractivity contribution >= 4 is 24.0 Å². The van der Waals surface area contributed by atoms with Crippen LogP contribution in [0.1, 0.15) is 42.4 Å². The summed E-state index contributed by atoms with van der Waals surface area (Å²) in [6.45, 7) is 5.13. The number of anilines is 1. The number of hydrogen-bond acceptors (Lipinski definition) is 2. The Hall–Kier alpha value is -1.06. The van der Waals surface area contributed by atoms with Crippen molar-refractivity contribution in [2.24, 2.45) is 11.7 Å². The Bertz CT molecular complexity index is 544. The molecule has 116 valence electrons. The number of amides is 1. The highest BCUT2D eigenvalue weighted by Gasteiger charge is 2.33. The second-order valence-electron chi connectivity index (χ2n) is 6.44. The number of aryl methyl sites for hydroxylation is 2. The molecule has 1 saturated carbocycles. The fourth-order valence-electron chi connectivity index (χ4n) is 3.77. The van der Waals surface area contributed by atoms with E-state index in [0.29, 0.717) is 5.91 Å². The van der Waals surface area contributed by atoms with E-state index in [4.69, 9.17) is 5.73 Å². The van der Waals surface area contributed by atoms with Crippen LogP contribution < -0.4 is 10.6 Å². The molecule has 2 N–H and O–H groups in total. The molecule has 1 aliphatic carbocycles. The quantitative estimate of drug-likeness (QED) is 0.866. The van der Waals surface area contributed by atoms with Crippen molar-refractivity contribution in [3.63, 3.8) is 0 Å². The lowest BCUT2D eigenvalue weighted by Crippen LogP contribution is -2.39. The number of nitrogens with zero attached hydrogens (tertiary/aromatic N) is 1. The highest BCUT2D eigenvalue weighted by atomic mass is 35.5. The third-order valence-electron chi connectivity index (χ3n) is 4.78. The maximum Gasteiger partial charge on any atom is 0.230 e. The Kier molecular flexibility index (Phi) is 4.95. The molecular weight excluding hydrogens is 284 g/mol. The minimum absolute atomic E-state index is 0. The first-order valence-electron chi connectivity index (χ1n) is 7.73. The molecule has 1 aromatic rings. The van der Waals surface area contributed by atoms with Crippen molar-refractivity contribution in [1.29, 1.82) is 0 Å². The van der Waals surface area contributed by atoms with Crippen molar-refractivity contribution in [3.8, 4) is 0 Å². The van der Waals surface area contributed by atoms with Gasteiger partial charge in [0.05, 0.1) is 0 Å². The lowest BCUT2D eigenvalue weighted by atomic mass is 9.93. The van der Waals surface area contributed by atoms with E-state index in [-0.39, 0.29) is 24.4 Å². The summed E-state index contributed by atoms with van der Waals surface area (Å²) < 4.78 is 0. The molecule has 1 fully saturated rings. The van der Waals surface area contributed by atoms with E-state index in [9.17, 15) is 4.79 Å². The van der Waals surface area contributed by atoms with Gasteiger partial charge in [-0.2, -0.15) is 0 Å². The number of carbonyl (C=O) groups excluding carboxylic acids is 1. The molecule has 0 saturated heterocycles. The van der Waals surface area contributed by atoms with Crippen LogP contribution in [0.4, 0.5) is 5.69 Å². The summed E-state index contributed by atoms with van der Waals surface area (Å²) >= 11 is 0. The van der Waals surface area contributed by atoms with Crippen molar-refractivity contribution in [2.75, 3.05) is 11.4 Å². The lowest BCUT2D eigenvalue weighted by Gasteiger charge is -2.33. The van der Waals surface area contributed by atoms with Gasteiger partial charge in [0.25, 0.3) is 0 Å². The minimum atomic E-state index is 0. The van der Waals surface area contributed by atoms with E-state index in [2.05, 4.69) is 26.0 Å². The maximum atomic E-state index is 12.8. The van der Waals surface area contributed by atoms with Crippen LogP contribution in [0.15, 0.2) is 12.1 Å². The zero-order valence-electron chi connectivity index (χ0n) is 12.9. The largest absolute Gasteiger partial charge is 0.328 e. The Labute approximate surface area is 133 Å². The lowest BCUT2D eigenvalue weighted by molar-refractivity contribution is -0.122. The summed E-state index contributed by atoms with van der Waals surface area (Å²) in [7, 11) is 0. The number of nitrogens with two attached hydrogens (primary N) is 1. The van der Waals surface area contributed by atoms with E-state index in [0.717, 1.165) is 44.3 Å². The molecule has 2 aliphatic rings. The summed E-state index contributed by atoms with van der Waals surface area (Å²) in [6, 6.07) is 4.61. The van der Waals surface area contributed by atoms with Gasteiger partial charge in [-0.15, -0.1) is 12.4 Å². The molecule has 0 aromatic heterocycles. The van der Waals surface area contributed by atoms with Gasteiger partial charge >= 0.3 is 0 Å². The van der Waals surface area contributed by atoms with Crippen LogP contribution in [0.25, 0.3) is 0 Å². The molecule has 4 heteroatoms. The van der Waals surface area contributed by atoms with Crippen molar-refractivity contribution in [3.05, 3.63) is 28.8 Å². The van der Waals surface area contributed by atoms with Crippen LogP contribution in [-0.4, -0.2) is 18.5 Å². The van der Waals surface area contributed by atoms with Gasteiger partial charge < -0.3 is 10.6 Å². The van der Waals surface area contributed by atoms with Crippen LogP contribution in [0, 0.1) is 19.8 Å². The van der Waals surface area contributed by atoms with Gasteiger partial charge in [-0.25, -0.2) is 0 Å². The molecule has 3 nitrogen and oxygen atoms in total. The van der Waals surface area contributed by atoms with Gasteiger partial charge in [-0.3, -0.25) is 4.79 Å². The first-order chi connectivity index (χ1) is 9.56. The highest BCUT2D eigenvalue weighted by molar-refractivity contribution is 5.96. The minimum Gasteiger partial charge on any atom is -0.328 e. The number of fused-ring (bicyclic) bond motifs is 1. The Balaban J connectivity index is 0.00000161. The number of carbonyl (C=O) groups is 1. The first-order valence-corrected chi connectivity index (χ1v) is 7.73. The number of rotatable bonds is 1. The monoisotopic (exact) mass is 308 g/mol. The Morgan fingerprint density at radius 1 is 1.29 bits per heavy atom. The molecule has 21 heavy (non-hydrogen) atoms. The normalized spacial score (nSPS) is 24.4. The van der Waals surface area contributed by atoms with Crippen molar-refractivity contribution < 1.29 is 4.79 Å². The van der Waals surface area contributed by atoms with E-state index >= 15 is 0 Å². The van der Waals surface area contributed by atoms with Gasteiger partial charge in [0, 0.05) is 24.2 Å². The van der Waals surface area contributed by atoms with Gasteiger partial charge in [0.15, 0.2) is 0 Å². The van der Waals surface area contributed by atoms with Gasteiger partial charge in [-0.1, -0.05) is 6.07 Å². The number of halogens is 1. The zero-order valence-corrected chi connectivity index (χ0v) is 13.7. The highest BCUT2D eigenvalue weighted by Crippen LogP contribution is 2.34. The Morgan fingerprint density at radius 2 is 2.05 bits per heavy atom. The van der Waals surface area contributed by atoms with Crippen LogP contribution in [-0.2, 0) is 11.2 Å². The molecule has 1 aliphatic heterocycles. The maximum absolute atomic E-state index is 12.8. The molecule has 0 bridgehead atoms. The van der Waals surface area contributed by atoms with Gasteiger partial charge in [0.1, 0.15) is 0 Å². The molecular formula is C17H25ClN2O. The fourth-order valence-corrected chi connectivity index (χ4v) is 3.77. The zero-order chi connectivity index (χ0) is 14.3. The summed E-state index contributed by atoms with van der Waals surface area (Å²) in [4.78, 5) is 14.8. The SMILES string of the molecule is Cc1cc(C)c2c(c1)N(C(=O)C1CCC(N)C1)CCC2.Cl. The number of hydrogen-bond donors (Lipinski definition) is 1. The molecule has 1 heterocycles. The average Bonchev–Trinajstić information content (AvgIpc) is 2.84. The second-order valence-corrected chi connectivity index (χ2v) is 6.44. The first kappa shape index (κ1) is 16.3. The summed E-state index contributed by atoms with van der Waals surface area (Å²) in [6.07, 6.45) is 4.97. The summed E-state index contributed by atoms with van der Waals surface area (Å²) in [5, 5.41) is 0. The smallest absolute Gasteiger partial charge is 0.230 e. The fraction of sp³-hybridized carbons (Fsp3) is 0.588. The predicted molar refractivity (Wildman–Crippen MR) is 89.2 cm³/mol. The molecule has 3 rings (SSSR count). The van der Waals surface area contributed by atoms with Crippen LogP contribution in [0.5, 0.6) is 0 Å². The van der Waals surface area contributed by atoms with E-state index < -0.39 is 0 Å². The molecule has 1 amide bonds. The van der Waals surface area contributed by atoms with Gasteiger partial charge in [0.2, 0.25) is 5.91 Å². The van der Waals surface area contributed by atoms with Crippen LogP contribution in [0.2, 0.25) is 0 Å². The topological polar surface area (TPSA) is 46.3 Å². The van der Waals surface area contributed by atoms with Crippen LogP contribution in [0.3, 0.4) is 0 Å². The summed E-state index contributed by atoms with van der Waals surface area (Å²) in [5.41, 5.74) is 11.0. The molecule has 0 radical (unpaired) electrons. The molecule has 1 aromatic carbocycles. The molecule has 0 spiro atoms. The van der Waals surface area contributed by atoms with E-state index in [1.807, 2.05) is 4.90 Å².